The quantitative estimate of drug-likeness (QED) is 0.137. The molecule has 0 spiro atoms. The molecule has 12 rings (SSSR count). The molecule has 0 aliphatic carbocycles. The molecule has 0 amide bonds. The minimum Gasteiger partial charge on any atom is -0.310 e. The summed E-state index contributed by atoms with van der Waals surface area (Å²) in [4.78, 5) is 18.0. The Balaban J connectivity index is 1.03. The third-order valence-corrected chi connectivity index (χ3v) is 12.7. The number of fused-ring (bicyclic) bond motifs is 3. The molecule has 0 saturated carbocycles. The average Bonchev–Trinajstić information content (AvgIpc) is 3.77. The molecule has 0 radical (unpaired) electrons. The van der Waals surface area contributed by atoms with Crippen LogP contribution in [0.25, 0.3) is 95.0 Å². The molecule has 68 heavy (non-hydrogen) atoms. The van der Waals surface area contributed by atoms with Crippen LogP contribution in [0.4, 0.5) is 17.1 Å². The van der Waals surface area contributed by atoms with Gasteiger partial charge in [0.15, 0.2) is 11.6 Å². The van der Waals surface area contributed by atoms with E-state index in [1.54, 1.807) is 0 Å². The van der Waals surface area contributed by atoms with Crippen molar-refractivity contribution in [1.82, 2.24) is 19.5 Å². The van der Waals surface area contributed by atoms with E-state index in [4.69, 9.17) is 15.0 Å². The van der Waals surface area contributed by atoms with Crippen LogP contribution in [0.3, 0.4) is 0 Å². The van der Waals surface area contributed by atoms with Crippen LogP contribution in [0.15, 0.2) is 261 Å². The second-order valence-corrected chi connectivity index (χ2v) is 16.8. The first-order valence-corrected chi connectivity index (χ1v) is 22.9. The molecule has 0 fully saturated rings. The number of anilines is 3. The number of para-hydroxylation sites is 2. The Morgan fingerprint density at radius 3 is 1.21 bits per heavy atom. The lowest BCUT2D eigenvalue weighted by molar-refractivity contribution is 0.953. The lowest BCUT2D eigenvalue weighted by Crippen LogP contribution is -2.11. The van der Waals surface area contributed by atoms with Crippen LogP contribution >= 0.6 is 0 Å². The monoisotopic (exact) mass is 869 g/mol. The number of nitrogens with zero attached hydrogens (tertiary/aromatic N) is 5. The van der Waals surface area contributed by atoms with Crippen molar-refractivity contribution in [3.05, 3.63) is 261 Å². The van der Waals surface area contributed by atoms with E-state index in [1.165, 1.54) is 22.3 Å². The highest BCUT2D eigenvalue weighted by molar-refractivity contribution is 6.16. The lowest BCUT2D eigenvalue weighted by atomic mass is 9.96. The van der Waals surface area contributed by atoms with Gasteiger partial charge in [0.25, 0.3) is 0 Å². The summed E-state index contributed by atoms with van der Waals surface area (Å²) in [5.41, 5.74) is 16.2. The Morgan fingerprint density at radius 1 is 0.279 bits per heavy atom. The van der Waals surface area contributed by atoms with E-state index in [9.17, 15) is 0 Å². The Morgan fingerprint density at radius 2 is 0.662 bits per heavy atom. The molecule has 0 N–H and O–H groups in total. The van der Waals surface area contributed by atoms with Crippen LogP contribution in [0, 0.1) is 0 Å². The van der Waals surface area contributed by atoms with Crippen molar-refractivity contribution in [1.29, 1.82) is 0 Å². The van der Waals surface area contributed by atoms with Crippen LogP contribution in [-0.4, -0.2) is 19.5 Å². The minimum absolute atomic E-state index is 0.552. The third kappa shape index (κ3) is 7.58. The van der Waals surface area contributed by atoms with Gasteiger partial charge in [-0.05, 0) is 81.4 Å². The number of aromatic nitrogens is 4. The number of rotatable bonds is 10. The fourth-order valence-corrected chi connectivity index (χ4v) is 9.40. The standard InChI is InChI=1S/C63H43N5/c1-5-18-44(19-6-1)47-32-34-51(35-33-47)62-64-61(50-24-11-4-12-25-50)65-63(66-62)68-58-30-16-14-27-56(58)60-55(28-17-31-59(60)68)54-26-13-15-29-57(54)67(52-40-36-48(37-41-52)45-20-7-2-8-21-45)53-42-38-49(39-43-53)46-22-9-3-10-23-46/h1-43H. The second-order valence-electron chi connectivity index (χ2n) is 16.8. The molecule has 10 aromatic carbocycles. The van der Waals surface area contributed by atoms with Crippen molar-refractivity contribution >= 4 is 38.9 Å². The molecule has 0 aliphatic heterocycles. The van der Waals surface area contributed by atoms with Crippen molar-refractivity contribution in [2.45, 2.75) is 0 Å². The maximum atomic E-state index is 5.29. The van der Waals surface area contributed by atoms with Crippen LogP contribution < -0.4 is 4.90 Å². The summed E-state index contributed by atoms with van der Waals surface area (Å²) in [5, 5.41) is 2.22. The van der Waals surface area contributed by atoms with Gasteiger partial charge in [-0.15, -0.1) is 0 Å². The molecule has 2 aromatic heterocycles. The normalized spacial score (nSPS) is 11.2. The van der Waals surface area contributed by atoms with Crippen molar-refractivity contribution in [2.24, 2.45) is 0 Å². The van der Waals surface area contributed by atoms with Gasteiger partial charge >= 0.3 is 0 Å². The minimum atomic E-state index is 0.552. The molecule has 0 bridgehead atoms. The molecule has 5 heteroatoms. The molecule has 0 unspecified atom stereocenters. The molecule has 2 heterocycles. The first-order chi connectivity index (χ1) is 33.7. The van der Waals surface area contributed by atoms with Crippen molar-refractivity contribution in [3.63, 3.8) is 0 Å². The zero-order valence-electron chi connectivity index (χ0n) is 37.1. The molecule has 0 aliphatic rings. The summed E-state index contributed by atoms with van der Waals surface area (Å²) in [6, 6.07) is 91.9. The maximum absolute atomic E-state index is 5.29. The van der Waals surface area contributed by atoms with E-state index in [1.807, 2.05) is 24.3 Å². The zero-order chi connectivity index (χ0) is 45.2. The van der Waals surface area contributed by atoms with Crippen LogP contribution in [0.1, 0.15) is 0 Å². The van der Waals surface area contributed by atoms with Crippen molar-refractivity contribution in [3.8, 4) is 73.2 Å². The Kier molecular flexibility index (Phi) is 10.5. The molecular formula is C63H43N5. The highest BCUT2D eigenvalue weighted by Crippen LogP contribution is 2.46. The maximum Gasteiger partial charge on any atom is 0.238 e. The van der Waals surface area contributed by atoms with Gasteiger partial charge in [-0.2, -0.15) is 9.97 Å². The number of hydrogen-bond donors (Lipinski definition) is 0. The van der Waals surface area contributed by atoms with Gasteiger partial charge in [0.2, 0.25) is 5.95 Å². The Labute approximate surface area is 395 Å². The third-order valence-electron chi connectivity index (χ3n) is 12.7. The summed E-state index contributed by atoms with van der Waals surface area (Å²) in [5.74, 6) is 1.77. The first-order valence-electron chi connectivity index (χ1n) is 22.9. The van der Waals surface area contributed by atoms with Gasteiger partial charge in [0, 0.05) is 38.8 Å². The van der Waals surface area contributed by atoms with Crippen LogP contribution in [0.2, 0.25) is 0 Å². The van der Waals surface area contributed by atoms with Gasteiger partial charge in [-0.25, -0.2) is 4.98 Å². The van der Waals surface area contributed by atoms with Gasteiger partial charge in [0.05, 0.1) is 16.7 Å². The Hall–Kier alpha value is -9.19. The fourth-order valence-electron chi connectivity index (χ4n) is 9.40. The average molecular weight is 870 g/mol. The molecular weight excluding hydrogens is 827 g/mol. The summed E-state index contributed by atoms with van der Waals surface area (Å²) in [6.07, 6.45) is 0. The molecule has 0 atom stereocenters. The van der Waals surface area contributed by atoms with Crippen LogP contribution in [0.5, 0.6) is 0 Å². The zero-order valence-corrected chi connectivity index (χ0v) is 37.1. The first kappa shape index (κ1) is 40.3. The summed E-state index contributed by atoms with van der Waals surface area (Å²) >= 11 is 0. The lowest BCUT2D eigenvalue weighted by Gasteiger charge is -2.28. The Bertz CT molecular complexity index is 3600. The molecule has 0 saturated heterocycles. The van der Waals surface area contributed by atoms with Crippen molar-refractivity contribution in [2.75, 3.05) is 4.90 Å². The van der Waals surface area contributed by atoms with Gasteiger partial charge in [-0.1, -0.05) is 218 Å². The van der Waals surface area contributed by atoms with E-state index in [0.29, 0.717) is 17.6 Å². The summed E-state index contributed by atoms with van der Waals surface area (Å²) in [7, 11) is 0. The molecule has 5 nitrogen and oxygen atoms in total. The summed E-state index contributed by atoms with van der Waals surface area (Å²) < 4.78 is 2.20. The van der Waals surface area contributed by atoms with Gasteiger partial charge < -0.3 is 4.90 Å². The topological polar surface area (TPSA) is 46.8 Å². The summed E-state index contributed by atoms with van der Waals surface area (Å²) in [6.45, 7) is 0. The van der Waals surface area contributed by atoms with E-state index in [2.05, 4.69) is 246 Å². The smallest absolute Gasteiger partial charge is 0.238 e. The molecule has 320 valence electrons. The van der Waals surface area contributed by atoms with E-state index >= 15 is 0 Å². The van der Waals surface area contributed by atoms with Gasteiger partial charge in [-0.3, -0.25) is 4.57 Å². The highest BCUT2D eigenvalue weighted by Gasteiger charge is 2.23. The number of benzene rings is 10. The predicted molar refractivity (Wildman–Crippen MR) is 281 cm³/mol. The predicted octanol–water partition coefficient (Wildman–Crippen LogP) is 16.4. The van der Waals surface area contributed by atoms with Gasteiger partial charge in [0.1, 0.15) is 0 Å². The largest absolute Gasteiger partial charge is 0.310 e. The van der Waals surface area contributed by atoms with E-state index in [0.717, 1.165) is 72.2 Å². The second kappa shape index (κ2) is 17.7. The van der Waals surface area contributed by atoms with E-state index in [-0.39, 0.29) is 0 Å². The fraction of sp³-hybridized carbons (Fsp3) is 0. The van der Waals surface area contributed by atoms with Crippen molar-refractivity contribution < 1.29 is 0 Å². The highest BCUT2D eigenvalue weighted by atomic mass is 15.2. The number of hydrogen-bond acceptors (Lipinski definition) is 4. The van der Waals surface area contributed by atoms with E-state index < -0.39 is 0 Å². The SMILES string of the molecule is c1ccc(-c2ccc(-c3nc(-c4ccccc4)nc(-n4c5ccccc5c5c(-c6ccccc6N(c6ccc(-c7ccccc7)cc6)c6ccc(-c7ccccc7)cc6)cccc54)n3)cc2)cc1. The van der Waals surface area contributed by atoms with Crippen LogP contribution in [-0.2, 0) is 0 Å². The molecule has 12 aromatic rings.